The molecule has 37 heavy (non-hydrogen) atoms. The van der Waals surface area contributed by atoms with E-state index < -0.39 is 6.04 Å². The number of H-pyrrole nitrogens is 1. The Morgan fingerprint density at radius 3 is 2.70 bits per heavy atom. The van der Waals surface area contributed by atoms with Crippen LogP contribution in [0.15, 0.2) is 65.1 Å². The van der Waals surface area contributed by atoms with Crippen LogP contribution in [-0.2, 0) is 6.54 Å². The topological polar surface area (TPSA) is 101 Å². The maximum atomic E-state index is 13.6. The fraction of sp³-hybridized carbons (Fsp3) is 0.333. The van der Waals surface area contributed by atoms with Gasteiger partial charge >= 0.3 is 0 Å². The fourth-order valence-corrected chi connectivity index (χ4v) is 5.57. The third kappa shape index (κ3) is 4.03. The van der Waals surface area contributed by atoms with Crippen molar-refractivity contribution in [3.8, 4) is 11.5 Å². The minimum atomic E-state index is -0.413. The number of hydrogen-bond acceptors (Lipinski definition) is 8. The van der Waals surface area contributed by atoms with E-state index in [0.29, 0.717) is 48.2 Å². The molecule has 1 unspecified atom stereocenters. The van der Waals surface area contributed by atoms with Crippen molar-refractivity contribution in [2.75, 3.05) is 39.4 Å². The number of rotatable bonds is 5. The average molecular weight is 498 g/mol. The van der Waals surface area contributed by atoms with Crippen LogP contribution in [0.25, 0.3) is 10.9 Å². The molecule has 10 nitrogen and oxygen atoms in total. The molecule has 1 fully saturated rings. The quantitative estimate of drug-likeness (QED) is 0.448. The molecular formula is C27H27N7O3. The first-order valence-electron chi connectivity index (χ1n) is 12.7. The molecule has 2 aromatic heterocycles. The number of fused-ring (bicyclic) bond motifs is 3. The first-order valence-corrected chi connectivity index (χ1v) is 12.7. The van der Waals surface area contributed by atoms with Gasteiger partial charge < -0.3 is 19.4 Å². The fourth-order valence-electron chi connectivity index (χ4n) is 5.57. The number of pyridine rings is 1. The Hall–Kier alpha value is -4.18. The maximum absolute atomic E-state index is 13.6. The molecule has 0 radical (unpaired) electrons. The van der Waals surface area contributed by atoms with Gasteiger partial charge in [0.05, 0.1) is 12.1 Å². The van der Waals surface area contributed by atoms with Crippen molar-refractivity contribution in [1.29, 1.82) is 0 Å². The number of tetrazole rings is 1. The first-order chi connectivity index (χ1) is 18.2. The summed E-state index contributed by atoms with van der Waals surface area (Å²) in [5.74, 6) is 1.99. The summed E-state index contributed by atoms with van der Waals surface area (Å²) in [6.07, 6.45) is 3.35. The van der Waals surface area contributed by atoms with E-state index in [4.69, 9.17) is 9.47 Å². The highest BCUT2D eigenvalue weighted by Gasteiger charge is 2.35. The summed E-state index contributed by atoms with van der Waals surface area (Å²) in [7, 11) is 0. The van der Waals surface area contributed by atoms with Crippen molar-refractivity contribution in [2.45, 2.75) is 19.0 Å². The molecule has 3 aliphatic heterocycles. The number of aromatic nitrogens is 5. The van der Waals surface area contributed by atoms with E-state index >= 15 is 0 Å². The average Bonchev–Trinajstić information content (AvgIpc) is 3.58. The smallest absolute Gasteiger partial charge is 0.253 e. The highest BCUT2D eigenvalue weighted by atomic mass is 16.6. The van der Waals surface area contributed by atoms with Crippen molar-refractivity contribution >= 4 is 10.9 Å². The molecule has 0 bridgehead atoms. The van der Waals surface area contributed by atoms with Gasteiger partial charge in [0.2, 0.25) is 0 Å². The van der Waals surface area contributed by atoms with Crippen LogP contribution < -0.4 is 15.0 Å². The number of piperazine rings is 1. The number of nitrogens with one attached hydrogen (secondary N) is 1. The molecule has 1 N–H and O–H groups in total. The largest absolute Gasteiger partial charge is 0.486 e. The highest BCUT2D eigenvalue weighted by molar-refractivity contribution is 5.83. The van der Waals surface area contributed by atoms with Gasteiger partial charge in [-0.1, -0.05) is 36.4 Å². The summed E-state index contributed by atoms with van der Waals surface area (Å²) in [5, 5.41) is 13.7. The molecule has 0 aliphatic carbocycles. The van der Waals surface area contributed by atoms with Gasteiger partial charge in [0.1, 0.15) is 19.3 Å². The van der Waals surface area contributed by atoms with Gasteiger partial charge in [-0.25, -0.2) is 4.68 Å². The second kappa shape index (κ2) is 9.04. The molecule has 2 aromatic carbocycles. The third-order valence-corrected chi connectivity index (χ3v) is 7.38. The molecule has 1 saturated heterocycles. The summed E-state index contributed by atoms with van der Waals surface area (Å²) in [6.45, 7) is 5.03. The molecule has 3 aliphatic rings. The van der Waals surface area contributed by atoms with Gasteiger partial charge in [0.25, 0.3) is 5.56 Å². The highest BCUT2D eigenvalue weighted by Crippen LogP contribution is 2.36. The zero-order valence-electron chi connectivity index (χ0n) is 20.3. The summed E-state index contributed by atoms with van der Waals surface area (Å²) >= 11 is 0. The number of nitrogens with zero attached hydrogens (tertiary/aromatic N) is 6. The lowest BCUT2D eigenvalue weighted by Gasteiger charge is -2.39. The van der Waals surface area contributed by atoms with Crippen LogP contribution in [-0.4, -0.2) is 74.4 Å². The molecule has 0 saturated carbocycles. The minimum absolute atomic E-state index is 0.161. The summed E-state index contributed by atoms with van der Waals surface area (Å²) < 4.78 is 13.3. The lowest BCUT2D eigenvalue weighted by molar-refractivity contribution is 0.151. The van der Waals surface area contributed by atoms with E-state index in [1.165, 1.54) is 5.70 Å². The molecule has 1 atom stereocenters. The molecule has 188 valence electrons. The lowest BCUT2D eigenvalue weighted by atomic mass is 10.0. The van der Waals surface area contributed by atoms with Crippen LogP contribution in [0.4, 0.5) is 0 Å². The Bertz CT molecular complexity index is 1540. The molecule has 5 heterocycles. The van der Waals surface area contributed by atoms with Gasteiger partial charge in [-0.3, -0.25) is 9.69 Å². The van der Waals surface area contributed by atoms with Crippen molar-refractivity contribution in [2.24, 2.45) is 0 Å². The number of aromatic amines is 1. The second-order valence-corrected chi connectivity index (χ2v) is 9.66. The van der Waals surface area contributed by atoms with E-state index in [0.717, 1.165) is 43.5 Å². The van der Waals surface area contributed by atoms with Crippen molar-refractivity contribution in [3.63, 3.8) is 0 Å². The molecule has 10 heteroatoms. The van der Waals surface area contributed by atoms with Crippen molar-refractivity contribution in [1.82, 2.24) is 35.0 Å². The molecule has 0 amide bonds. The predicted octanol–water partition coefficient (Wildman–Crippen LogP) is 2.33. The SMILES string of the molecule is O=c1[nH]c2cc3c(cc2cc1C(c1nnnn1Cc1ccccc1)N1CCN2CCC=C2C1)OCCO3. The number of benzene rings is 2. The van der Waals surface area contributed by atoms with Gasteiger partial charge in [0, 0.05) is 48.9 Å². The van der Waals surface area contributed by atoms with E-state index in [-0.39, 0.29) is 5.56 Å². The van der Waals surface area contributed by atoms with Gasteiger partial charge in [0.15, 0.2) is 17.3 Å². The van der Waals surface area contributed by atoms with Crippen molar-refractivity contribution in [3.05, 3.63) is 87.6 Å². The van der Waals surface area contributed by atoms with Gasteiger partial charge in [-0.05, 0) is 34.5 Å². The van der Waals surface area contributed by atoms with Gasteiger partial charge in [-0.15, -0.1) is 5.10 Å². The third-order valence-electron chi connectivity index (χ3n) is 7.38. The Morgan fingerprint density at radius 2 is 1.84 bits per heavy atom. The summed E-state index contributed by atoms with van der Waals surface area (Å²) in [4.78, 5) is 21.4. The zero-order valence-corrected chi connectivity index (χ0v) is 20.3. The Morgan fingerprint density at radius 1 is 1.00 bits per heavy atom. The minimum Gasteiger partial charge on any atom is -0.486 e. The first kappa shape index (κ1) is 22.1. The molecular weight excluding hydrogens is 470 g/mol. The van der Waals surface area contributed by atoms with E-state index in [1.807, 2.05) is 41.1 Å². The summed E-state index contributed by atoms with van der Waals surface area (Å²) in [5.41, 5.74) is 3.56. The van der Waals surface area contributed by atoms with Crippen LogP contribution in [0, 0.1) is 0 Å². The molecule has 4 aromatic rings. The van der Waals surface area contributed by atoms with Gasteiger partial charge in [-0.2, -0.15) is 0 Å². The Labute approximate surface area is 213 Å². The predicted molar refractivity (Wildman–Crippen MR) is 137 cm³/mol. The lowest BCUT2D eigenvalue weighted by Crippen LogP contribution is -2.46. The molecule has 0 spiro atoms. The van der Waals surface area contributed by atoms with E-state index in [9.17, 15) is 4.79 Å². The van der Waals surface area contributed by atoms with Crippen LogP contribution in [0.2, 0.25) is 0 Å². The Kier molecular flexibility index (Phi) is 5.39. The standard InChI is InChI=1S/C27H27N7O3/c35-27-21(13-19-14-23-24(15-22(19)28-27)37-12-11-36-23)25(33-10-9-32-8-4-7-20(32)17-33)26-29-30-31-34(26)16-18-5-2-1-3-6-18/h1-3,5-7,13-15,25H,4,8-12,16-17H2,(H,28,35). The van der Waals surface area contributed by atoms with Crippen molar-refractivity contribution < 1.29 is 9.47 Å². The van der Waals surface area contributed by atoms with E-state index in [2.05, 4.69) is 48.5 Å². The van der Waals surface area contributed by atoms with E-state index in [1.54, 1.807) is 0 Å². The molecule has 7 rings (SSSR count). The number of ether oxygens (including phenoxy) is 2. The number of hydrogen-bond donors (Lipinski definition) is 1. The zero-order chi connectivity index (χ0) is 24.8. The monoisotopic (exact) mass is 497 g/mol. The Balaban J connectivity index is 1.35. The normalized spacial score (nSPS) is 18.1. The maximum Gasteiger partial charge on any atom is 0.253 e. The second-order valence-electron chi connectivity index (χ2n) is 9.66. The van der Waals surface area contributed by atoms with Crippen LogP contribution in [0.1, 0.15) is 29.4 Å². The van der Waals surface area contributed by atoms with Crippen LogP contribution >= 0.6 is 0 Å². The van der Waals surface area contributed by atoms with Crippen LogP contribution in [0.5, 0.6) is 11.5 Å². The van der Waals surface area contributed by atoms with Crippen LogP contribution in [0.3, 0.4) is 0 Å². The summed E-state index contributed by atoms with van der Waals surface area (Å²) in [6, 6.07) is 15.4.